The van der Waals surface area contributed by atoms with E-state index >= 15 is 0 Å². The Balaban J connectivity index is 1.52. The van der Waals surface area contributed by atoms with Crippen LogP contribution in [0.15, 0.2) is 42.5 Å². The molecule has 0 aliphatic carbocycles. The van der Waals surface area contributed by atoms with Crippen molar-refractivity contribution in [3.8, 4) is 17.2 Å². The normalized spacial score (nSPS) is 19.4. The number of ether oxygens (including phenoxy) is 3. The highest BCUT2D eigenvalue weighted by molar-refractivity contribution is 6.74. The summed E-state index contributed by atoms with van der Waals surface area (Å²) >= 11 is 0. The number of aromatic hydroxyl groups is 1. The van der Waals surface area contributed by atoms with Crippen LogP contribution in [0.2, 0.25) is 18.1 Å². The summed E-state index contributed by atoms with van der Waals surface area (Å²) in [5.41, 5.74) is 2.28. The molecule has 2 aromatic rings. The molecule has 2 unspecified atom stereocenters. The second-order valence-electron chi connectivity index (χ2n) is 12.9. The average molecular weight is 557 g/mol. The predicted octanol–water partition coefficient (Wildman–Crippen LogP) is 8.95. The summed E-state index contributed by atoms with van der Waals surface area (Å²) in [7, 11) is 0.00826. The van der Waals surface area contributed by atoms with E-state index in [-0.39, 0.29) is 17.2 Å². The Labute approximate surface area is 238 Å². The second kappa shape index (κ2) is 14.0. The second-order valence-corrected chi connectivity index (χ2v) is 17.7. The van der Waals surface area contributed by atoms with Gasteiger partial charge in [-0.2, -0.15) is 0 Å². The summed E-state index contributed by atoms with van der Waals surface area (Å²) in [6, 6.07) is 13.8. The van der Waals surface area contributed by atoms with Gasteiger partial charge in [-0.25, -0.2) is 0 Å². The van der Waals surface area contributed by atoms with Crippen molar-refractivity contribution >= 4 is 8.32 Å². The van der Waals surface area contributed by atoms with Gasteiger partial charge in [0.05, 0.1) is 6.61 Å². The first-order valence-corrected chi connectivity index (χ1v) is 17.7. The molecule has 0 amide bonds. The molecule has 218 valence electrons. The van der Waals surface area contributed by atoms with E-state index in [4.69, 9.17) is 18.6 Å². The SMILES string of the molecule is COCOc1ccc2c(c1)OCC(C)(c1ccc(O)cc1)C2CCCCCCCCCO[Si](C)(C)C(C)(C)C. The standard InChI is InChI=1S/C33H52O5Si/c1-32(2,3)39(6,7)38-22-14-12-10-8-9-11-13-15-30-29-21-20-28(37-25-35-5)23-31(29)36-24-33(30,4)26-16-18-27(34)19-17-26/h16-21,23,30,34H,8-15,22,24-25H2,1-7H3. The van der Waals surface area contributed by atoms with Crippen LogP contribution in [0.4, 0.5) is 0 Å². The lowest BCUT2D eigenvalue weighted by Crippen LogP contribution is -2.40. The van der Waals surface area contributed by atoms with Gasteiger partial charge in [0.15, 0.2) is 15.1 Å². The van der Waals surface area contributed by atoms with Gasteiger partial charge in [-0.3, -0.25) is 0 Å². The van der Waals surface area contributed by atoms with Crippen LogP contribution in [0.3, 0.4) is 0 Å². The summed E-state index contributed by atoms with van der Waals surface area (Å²) in [4.78, 5) is 0. The molecule has 1 aliphatic rings. The molecule has 0 spiro atoms. The molecule has 1 aliphatic heterocycles. The average Bonchev–Trinajstić information content (AvgIpc) is 2.89. The summed E-state index contributed by atoms with van der Waals surface area (Å²) in [6.45, 7) is 15.6. The molecule has 3 rings (SSSR count). The molecule has 0 saturated heterocycles. The van der Waals surface area contributed by atoms with Crippen molar-refractivity contribution < 1.29 is 23.7 Å². The predicted molar refractivity (Wildman–Crippen MR) is 163 cm³/mol. The Bertz CT molecular complexity index is 1010. The Morgan fingerprint density at radius 1 is 0.949 bits per heavy atom. The van der Waals surface area contributed by atoms with Crippen LogP contribution in [0.25, 0.3) is 0 Å². The summed E-state index contributed by atoms with van der Waals surface area (Å²) in [5.74, 6) is 2.29. The number of hydrogen-bond donors (Lipinski definition) is 1. The Morgan fingerprint density at radius 3 is 2.23 bits per heavy atom. The molecule has 5 nitrogen and oxygen atoms in total. The van der Waals surface area contributed by atoms with E-state index < -0.39 is 8.32 Å². The van der Waals surface area contributed by atoms with E-state index in [1.807, 2.05) is 24.3 Å². The van der Waals surface area contributed by atoms with Crippen LogP contribution in [-0.4, -0.2) is 40.5 Å². The summed E-state index contributed by atoms with van der Waals surface area (Å²) < 4.78 is 23.4. The van der Waals surface area contributed by atoms with Crippen molar-refractivity contribution in [1.82, 2.24) is 0 Å². The number of methoxy groups -OCH3 is 1. The number of fused-ring (bicyclic) bond motifs is 1. The number of hydrogen-bond acceptors (Lipinski definition) is 5. The monoisotopic (exact) mass is 556 g/mol. The van der Waals surface area contributed by atoms with Crippen LogP contribution >= 0.6 is 0 Å². The maximum atomic E-state index is 9.86. The minimum Gasteiger partial charge on any atom is -0.508 e. The lowest BCUT2D eigenvalue weighted by Gasteiger charge is -2.43. The largest absolute Gasteiger partial charge is 0.508 e. The van der Waals surface area contributed by atoms with Crippen molar-refractivity contribution in [2.75, 3.05) is 27.1 Å². The molecule has 2 atom stereocenters. The number of phenols is 1. The zero-order valence-electron chi connectivity index (χ0n) is 25.5. The first-order chi connectivity index (χ1) is 18.5. The molecule has 2 aromatic carbocycles. The fourth-order valence-corrected chi connectivity index (χ4v) is 6.38. The van der Waals surface area contributed by atoms with Gasteiger partial charge in [-0.1, -0.05) is 84.4 Å². The van der Waals surface area contributed by atoms with Gasteiger partial charge < -0.3 is 23.7 Å². The van der Waals surface area contributed by atoms with E-state index in [1.165, 1.54) is 56.1 Å². The maximum Gasteiger partial charge on any atom is 0.191 e. The summed E-state index contributed by atoms with van der Waals surface area (Å²) in [6.07, 6.45) is 9.82. The summed E-state index contributed by atoms with van der Waals surface area (Å²) in [5, 5.41) is 10.2. The maximum absolute atomic E-state index is 9.86. The zero-order chi connectivity index (χ0) is 28.5. The minimum atomic E-state index is -1.62. The van der Waals surface area contributed by atoms with Gasteiger partial charge in [-0.05, 0) is 60.3 Å². The highest BCUT2D eigenvalue weighted by Crippen LogP contribution is 2.50. The third-order valence-electron chi connectivity index (χ3n) is 8.93. The molecule has 6 heteroatoms. The lowest BCUT2D eigenvalue weighted by molar-refractivity contribution is 0.0506. The molecule has 0 aromatic heterocycles. The fraction of sp³-hybridized carbons (Fsp3) is 0.636. The topological polar surface area (TPSA) is 57.2 Å². The Morgan fingerprint density at radius 2 is 1.59 bits per heavy atom. The van der Waals surface area contributed by atoms with Gasteiger partial charge in [0.2, 0.25) is 0 Å². The molecule has 0 fully saturated rings. The van der Waals surface area contributed by atoms with Crippen LogP contribution in [0, 0.1) is 0 Å². The molecule has 0 saturated carbocycles. The molecule has 1 N–H and O–H groups in total. The smallest absolute Gasteiger partial charge is 0.191 e. The fourth-order valence-electron chi connectivity index (χ4n) is 5.29. The van der Waals surface area contributed by atoms with Crippen LogP contribution in [0.1, 0.15) is 96.1 Å². The molecule has 39 heavy (non-hydrogen) atoms. The Hall–Kier alpha value is -2.02. The first kappa shape index (κ1) is 31.5. The van der Waals surface area contributed by atoms with Crippen molar-refractivity contribution in [3.63, 3.8) is 0 Å². The van der Waals surface area contributed by atoms with Crippen molar-refractivity contribution in [3.05, 3.63) is 53.6 Å². The van der Waals surface area contributed by atoms with Gasteiger partial charge in [0.25, 0.3) is 0 Å². The zero-order valence-corrected chi connectivity index (χ0v) is 26.5. The molecule has 0 bridgehead atoms. The van der Waals surface area contributed by atoms with Crippen LogP contribution in [0.5, 0.6) is 17.2 Å². The number of benzene rings is 2. The van der Waals surface area contributed by atoms with E-state index in [0.717, 1.165) is 24.5 Å². The molecular weight excluding hydrogens is 504 g/mol. The van der Waals surface area contributed by atoms with E-state index in [0.29, 0.717) is 18.3 Å². The van der Waals surface area contributed by atoms with E-state index in [9.17, 15) is 5.11 Å². The molecule has 0 radical (unpaired) electrons. The van der Waals surface area contributed by atoms with Gasteiger partial charge in [-0.15, -0.1) is 0 Å². The number of unbranched alkanes of at least 4 members (excludes halogenated alkanes) is 6. The van der Waals surface area contributed by atoms with Gasteiger partial charge >= 0.3 is 0 Å². The third kappa shape index (κ3) is 8.48. The van der Waals surface area contributed by atoms with Crippen LogP contribution < -0.4 is 9.47 Å². The van der Waals surface area contributed by atoms with E-state index in [1.54, 1.807) is 19.2 Å². The number of rotatable bonds is 15. The Kier molecular flexibility index (Phi) is 11.3. The van der Waals surface area contributed by atoms with Gasteiger partial charge in [0, 0.05) is 31.1 Å². The number of phenolic OH excluding ortho intramolecular Hbond substituents is 1. The van der Waals surface area contributed by atoms with Crippen molar-refractivity contribution in [2.24, 2.45) is 0 Å². The van der Waals surface area contributed by atoms with Crippen molar-refractivity contribution in [2.45, 2.75) is 109 Å². The van der Waals surface area contributed by atoms with Crippen molar-refractivity contribution in [1.29, 1.82) is 0 Å². The lowest BCUT2D eigenvalue weighted by atomic mass is 9.66. The van der Waals surface area contributed by atoms with Gasteiger partial charge in [0.1, 0.15) is 17.2 Å². The highest BCUT2D eigenvalue weighted by atomic mass is 28.4. The first-order valence-electron chi connectivity index (χ1n) is 14.8. The third-order valence-corrected chi connectivity index (χ3v) is 13.5. The molecule has 1 heterocycles. The van der Waals surface area contributed by atoms with E-state index in [2.05, 4.69) is 46.9 Å². The highest BCUT2D eigenvalue weighted by Gasteiger charge is 2.42. The minimum absolute atomic E-state index is 0.167. The molecular formula is C33H52O5Si. The quantitative estimate of drug-likeness (QED) is 0.135. The van der Waals surface area contributed by atoms with Crippen LogP contribution in [-0.2, 0) is 14.6 Å².